The number of benzene rings is 1. The van der Waals surface area contributed by atoms with E-state index in [1.54, 1.807) is 19.2 Å². The smallest absolute Gasteiger partial charge is 0.252 e. The van der Waals surface area contributed by atoms with Gasteiger partial charge in [0.1, 0.15) is 11.9 Å². The Bertz CT molecular complexity index is 952. The number of halogens is 1. The van der Waals surface area contributed by atoms with Crippen molar-refractivity contribution >= 4 is 5.91 Å². The van der Waals surface area contributed by atoms with Crippen LogP contribution in [0, 0.1) is 5.82 Å². The van der Waals surface area contributed by atoms with Gasteiger partial charge in [-0.1, -0.05) is 11.2 Å². The molecule has 2 aromatic heterocycles. The van der Waals surface area contributed by atoms with Gasteiger partial charge in [-0.15, -0.1) is 0 Å². The monoisotopic (exact) mass is 352 g/mol. The molecule has 1 atom stereocenters. The van der Waals surface area contributed by atoms with E-state index in [9.17, 15) is 9.18 Å². The van der Waals surface area contributed by atoms with Crippen LogP contribution >= 0.6 is 0 Å². The lowest BCUT2D eigenvalue weighted by atomic mass is 10.1. The summed E-state index contributed by atoms with van der Waals surface area (Å²) in [6.07, 6.45) is 4.07. The van der Waals surface area contributed by atoms with Crippen LogP contribution in [0.25, 0.3) is 11.4 Å². The van der Waals surface area contributed by atoms with Crippen LogP contribution < -0.4 is 5.32 Å². The van der Waals surface area contributed by atoms with E-state index >= 15 is 0 Å². The van der Waals surface area contributed by atoms with Gasteiger partial charge in [0.15, 0.2) is 0 Å². The number of pyridine rings is 1. The van der Waals surface area contributed by atoms with Crippen molar-refractivity contribution in [1.82, 2.24) is 20.4 Å². The third-order valence-corrected chi connectivity index (χ3v) is 4.28. The molecule has 1 amide bonds. The second-order valence-corrected chi connectivity index (χ2v) is 6.41. The van der Waals surface area contributed by atoms with E-state index in [4.69, 9.17) is 4.52 Å². The Balaban J connectivity index is 1.48. The van der Waals surface area contributed by atoms with Gasteiger partial charge in [-0.25, -0.2) is 4.39 Å². The molecule has 2 heterocycles. The summed E-state index contributed by atoms with van der Waals surface area (Å²) in [5.74, 6) is 0.405. The van der Waals surface area contributed by atoms with Crippen LogP contribution in [0.3, 0.4) is 0 Å². The number of aromatic nitrogens is 3. The van der Waals surface area contributed by atoms with Gasteiger partial charge in [-0.05, 0) is 50.1 Å². The first-order valence-electron chi connectivity index (χ1n) is 8.46. The van der Waals surface area contributed by atoms with Gasteiger partial charge < -0.3 is 9.84 Å². The Morgan fingerprint density at radius 1 is 1.31 bits per heavy atom. The number of rotatable bonds is 5. The number of nitrogens with one attached hydrogen (secondary N) is 1. The number of amides is 1. The highest BCUT2D eigenvalue weighted by Crippen LogP contribution is 2.39. The summed E-state index contributed by atoms with van der Waals surface area (Å²) in [5, 5.41) is 6.73. The maximum Gasteiger partial charge on any atom is 0.252 e. The quantitative estimate of drug-likeness (QED) is 0.758. The van der Waals surface area contributed by atoms with Gasteiger partial charge in [0.2, 0.25) is 11.7 Å². The molecule has 0 radical (unpaired) electrons. The topological polar surface area (TPSA) is 80.9 Å². The molecule has 132 valence electrons. The largest absolute Gasteiger partial charge is 0.341 e. The summed E-state index contributed by atoms with van der Waals surface area (Å²) in [5.41, 5.74) is 2.11. The fourth-order valence-corrected chi connectivity index (χ4v) is 2.69. The molecule has 0 bridgehead atoms. The molecule has 1 aromatic carbocycles. The predicted octanol–water partition coefficient (Wildman–Crippen LogP) is 3.64. The third-order valence-electron chi connectivity index (χ3n) is 4.28. The van der Waals surface area contributed by atoms with Crippen LogP contribution in [0.1, 0.15) is 53.7 Å². The molecule has 1 aliphatic carbocycles. The van der Waals surface area contributed by atoms with Crippen molar-refractivity contribution in [2.75, 3.05) is 0 Å². The van der Waals surface area contributed by atoms with Crippen LogP contribution in [0.15, 0.2) is 47.1 Å². The second-order valence-electron chi connectivity index (χ2n) is 6.41. The van der Waals surface area contributed by atoms with Gasteiger partial charge in [0.25, 0.3) is 5.91 Å². The van der Waals surface area contributed by atoms with Crippen molar-refractivity contribution in [2.45, 2.75) is 31.7 Å². The fourth-order valence-electron chi connectivity index (χ4n) is 2.69. The van der Waals surface area contributed by atoms with Crippen LogP contribution in [-0.4, -0.2) is 21.0 Å². The highest BCUT2D eigenvalue weighted by Gasteiger charge is 2.25. The number of hydrogen-bond acceptors (Lipinski definition) is 5. The van der Waals surface area contributed by atoms with Crippen molar-refractivity contribution in [3.63, 3.8) is 0 Å². The Kier molecular flexibility index (Phi) is 4.20. The van der Waals surface area contributed by atoms with Gasteiger partial charge in [-0.2, -0.15) is 4.98 Å². The van der Waals surface area contributed by atoms with Gasteiger partial charge >= 0.3 is 0 Å². The van der Waals surface area contributed by atoms with Crippen molar-refractivity contribution < 1.29 is 13.7 Å². The minimum atomic E-state index is -0.503. The molecule has 0 spiro atoms. The Labute approximate surface area is 149 Å². The minimum Gasteiger partial charge on any atom is -0.341 e. The van der Waals surface area contributed by atoms with Crippen molar-refractivity contribution in [1.29, 1.82) is 0 Å². The Hall–Kier alpha value is -3.09. The van der Waals surface area contributed by atoms with Gasteiger partial charge in [0, 0.05) is 28.9 Å². The molecule has 1 unspecified atom stereocenters. The number of hydrogen-bond donors (Lipinski definition) is 1. The summed E-state index contributed by atoms with van der Waals surface area (Å²) in [6, 6.07) is 8.80. The average molecular weight is 352 g/mol. The summed E-state index contributed by atoms with van der Waals surface area (Å²) in [7, 11) is 0. The maximum absolute atomic E-state index is 13.2. The number of carbonyl (C=O) groups excluding carboxylic acids is 1. The van der Waals surface area contributed by atoms with Crippen molar-refractivity contribution in [2.24, 2.45) is 0 Å². The van der Waals surface area contributed by atoms with E-state index < -0.39 is 17.8 Å². The molecule has 0 saturated heterocycles. The lowest BCUT2D eigenvalue weighted by molar-refractivity contribution is 0.0932. The first-order valence-corrected chi connectivity index (χ1v) is 8.46. The highest BCUT2D eigenvalue weighted by atomic mass is 19.1. The van der Waals surface area contributed by atoms with E-state index in [-0.39, 0.29) is 11.5 Å². The zero-order valence-electron chi connectivity index (χ0n) is 14.1. The zero-order valence-corrected chi connectivity index (χ0v) is 14.1. The van der Waals surface area contributed by atoms with Crippen molar-refractivity contribution in [3.05, 3.63) is 65.6 Å². The maximum atomic E-state index is 13.2. The first-order chi connectivity index (χ1) is 12.6. The molecule has 1 saturated carbocycles. The van der Waals surface area contributed by atoms with Gasteiger partial charge in [-0.3, -0.25) is 9.78 Å². The van der Waals surface area contributed by atoms with Crippen molar-refractivity contribution in [3.8, 4) is 11.4 Å². The van der Waals surface area contributed by atoms with E-state index in [1.165, 1.54) is 18.2 Å². The summed E-state index contributed by atoms with van der Waals surface area (Å²) in [4.78, 5) is 21.0. The normalized spacial score (nSPS) is 14.8. The molecule has 0 aliphatic heterocycles. The third kappa shape index (κ3) is 3.46. The van der Waals surface area contributed by atoms with Crippen LogP contribution in [0.2, 0.25) is 0 Å². The zero-order chi connectivity index (χ0) is 18.1. The average Bonchev–Trinajstić information content (AvgIpc) is 3.38. The lowest BCUT2D eigenvalue weighted by Gasteiger charge is -2.09. The Morgan fingerprint density at radius 3 is 2.92 bits per heavy atom. The SMILES string of the molecule is CC(NC(=O)c1cccc(F)c1)c1nc(-c2ccnc(C3CC3)c2)no1. The van der Waals surface area contributed by atoms with Crippen LogP contribution in [0.5, 0.6) is 0 Å². The van der Waals surface area contributed by atoms with E-state index in [0.717, 1.165) is 24.1 Å². The lowest BCUT2D eigenvalue weighted by Crippen LogP contribution is -2.26. The van der Waals surface area contributed by atoms with Crippen LogP contribution in [-0.2, 0) is 0 Å². The summed E-state index contributed by atoms with van der Waals surface area (Å²) < 4.78 is 18.5. The molecule has 1 fully saturated rings. The minimum absolute atomic E-state index is 0.236. The molecule has 7 heteroatoms. The summed E-state index contributed by atoms with van der Waals surface area (Å²) >= 11 is 0. The fraction of sp³-hybridized carbons (Fsp3) is 0.263. The molecule has 3 aromatic rings. The van der Waals surface area contributed by atoms with Gasteiger partial charge in [0.05, 0.1) is 0 Å². The molecule has 4 rings (SSSR count). The first kappa shape index (κ1) is 16.4. The predicted molar refractivity (Wildman–Crippen MR) is 91.8 cm³/mol. The molecule has 1 aliphatic rings. The Morgan fingerprint density at radius 2 is 2.15 bits per heavy atom. The summed E-state index contributed by atoms with van der Waals surface area (Å²) in [6.45, 7) is 1.73. The molecular formula is C19H17FN4O2. The number of nitrogens with zero attached hydrogens (tertiary/aromatic N) is 3. The molecule has 1 N–H and O–H groups in total. The second kappa shape index (κ2) is 6.67. The van der Waals surface area contributed by atoms with E-state index in [1.807, 2.05) is 12.1 Å². The number of carbonyl (C=O) groups is 1. The molecule has 26 heavy (non-hydrogen) atoms. The standard InChI is InChI=1S/C19H17FN4O2/c1-11(22-18(25)14-3-2-4-15(20)9-14)19-23-17(24-26-19)13-7-8-21-16(10-13)12-5-6-12/h2-4,7-12H,5-6H2,1H3,(H,22,25). The molecular weight excluding hydrogens is 335 g/mol. The van der Waals surface area contributed by atoms with E-state index in [0.29, 0.717) is 11.7 Å². The highest BCUT2D eigenvalue weighted by molar-refractivity contribution is 5.94. The van der Waals surface area contributed by atoms with E-state index in [2.05, 4.69) is 20.4 Å². The molecule has 6 nitrogen and oxygen atoms in total. The van der Waals surface area contributed by atoms with Crippen LogP contribution in [0.4, 0.5) is 4.39 Å².